The first-order valence-corrected chi connectivity index (χ1v) is 8.26. The third-order valence-corrected chi connectivity index (χ3v) is 3.70. The summed E-state index contributed by atoms with van der Waals surface area (Å²) in [6.07, 6.45) is 2.09. The minimum atomic E-state index is -0.827. The smallest absolute Gasteiger partial charge is 0.303 e. The lowest BCUT2D eigenvalue weighted by Crippen LogP contribution is -2.23. The van der Waals surface area contributed by atoms with Crippen LogP contribution in [-0.2, 0) is 11.3 Å². The fourth-order valence-electron chi connectivity index (χ4n) is 2.34. The lowest BCUT2D eigenvalue weighted by atomic mass is 10.0. The van der Waals surface area contributed by atoms with E-state index in [0.29, 0.717) is 31.1 Å². The number of carboxylic acids is 1. The Morgan fingerprint density at radius 2 is 1.92 bits per heavy atom. The molecular weight excluding hydrogens is 322 g/mol. The highest BCUT2D eigenvalue weighted by molar-refractivity contribution is 5.93. The second-order valence-corrected chi connectivity index (χ2v) is 6.03. The van der Waals surface area contributed by atoms with Gasteiger partial charge in [0, 0.05) is 18.5 Å². The van der Waals surface area contributed by atoms with E-state index < -0.39 is 5.97 Å². The second kappa shape index (κ2) is 8.92. The first kappa shape index (κ1) is 18.6. The Kier molecular flexibility index (Phi) is 6.62. The lowest BCUT2D eigenvalue weighted by molar-refractivity contribution is -0.137. The highest BCUT2D eigenvalue weighted by Crippen LogP contribution is 2.20. The SMILES string of the molecule is CC(C)c1ccoc1C(=O)NCc1ccc(OCCCC(=O)O)cc1. The van der Waals surface area contributed by atoms with Crippen molar-refractivity contribution in [3.63, 3.8) is 0 Å². The van der Waals surface area contributed by atoms with Gasteiger partial charge in [0.1, 0.15) is 5.75 Å². The molecule has 2 rings (SSSR count). The number of carbonyl (C=O) groups is 2. The van der Waals surface area contributed by atoms with Crippen LogP contribution in [0.3, 0.4) is 0 Å². The van der Waals surface area contributed by atoms with E-state index in [1.54, 1.807) is 12.1 Å². The van der Waals surface area contributed by atoms with Gasteiger partial charge >= 0.3 is 5.97 Å². The first-order chi connectivity index (χ1) is 12.0. The normalized spacial score (nSPS) is 10.7. The molecule has 0 unspecified atom stereocenters. The number of hydrogen-bond donors (Lipinski definition) is 2. The topological polar surface area (TPSA) is 88.8 Å². The average molecular weight is 345 g/mol. The van der Waals surface area contributed by atoms with Gasteiger partial charge in [0.2, 0.25) is 0 Å². The number of ether oxygens (including phenoxy) is 1. The van der Waals surface area contributed by atoms with E-state index in [1.165, 1.54) is 6.26 Å². The van der Waals surface area contributed by atoms with Crippen molar-refractivity contribution in [2.75, 3.05) is 6.61 Å². The van der Waals surface area contributed by atoms with E-state index in [9.17, 15) is 9.59 Å². The number of benzene rings is 1. The van der Waals surface area contributed by atoms with Gasteiger partial charge in [-0.15, -0.1) is 0 Å². The molecule has 0 saturated carbocycles. The number of furan rings is 1. The van der Waals surface area contributed by atoms with Crippen LogP contribution in [0, 0.1) is 0 Å². The Morgan fingerprint density at radius 3 is 2.56 bits per heavy atom. The summed E-state index contributed by atoms with van der Waals surface area (Å²) in [5, 5.41) is 11.4. The van der Waals surface area contributed by atoms with Gasteiger partial charge in [-0.2, -0.15) is 0 Å². The Labute approximate surface area is 146 Å². The molecule has 1 aromatic carbocycles. The molecule has 0 aliphatic rings. The average Bonchev–Trinajstić information content (AvgIpc) is 3.07. The second-order valence-electron chi connectivity index (χ2n) is 6.03. The molecule has 0 bridgehead atoms. The van der Waals surface area contributed by atoms with Crippen LogP contribution >= 0.6 is 0 Å². The van der Waals surface area contributed by atoms with E-state index in [1.807, 2.05) is 32.0 Å². The molecule has 0 aliphatic heterocycles. The Hall–Kier alpha value is -2.76. The molecule has 0 saturated heterocycles. The van der Waals surface area contributed by atoms with Crippen LogP contribution < -0.4 is 10.1 Å². The summed E-state index contributed by atoms with van der Waals surface area (Å²) in [6.45, 7) is 4.77. The summed E-state index contributed by atoms with van der Waals surface area (Å²) in [5.41, 5.74) is 1.83. The standard InChI is InChI=1S/C19H23NO5/c1-13(2)16-9-11-25-18(16)19(23)20-12-14-5-7-15(8-6-14)24-10-3-4-17(21)22/h5-9,11,13H,3-4,10,12H2,1-2H3,(H,20,23)(H,21,22). The van der Waals surface area contributed by atoms with Crippen LogP contribution in [0.25, 0.3) is 0 Å². The van der Waals surface area contributed by atoms with Gasteiger partial charge < -0.3 is 19.6 Å². The molecule has 0 aliphatic carbocycles. The van der Waals surface area contributed by atoms with E-state index in [0.717, 1.165) is 11.1 Å². The van der Waals surface area contributed by atoms with Crippen LogP contribution in [0.1, 0.15) is 54.3 Å². The van der Waals surface area contributed by atoms with Crippen molar-refractivity contribution in [2.24, 2.45) is 0 Å². The monoisotopic (exact) mass is 345 g/mol. The van der Waals surface area contributed by atoms with Gasteiger partial charge in [0.05, 0.1) is 12.9 Å². The first-order valence-electron chi connectivity index (χ1n) is 8.26. The van der Waals surface area contributed by atoms with Crippen LogP contribution in [0.4, 0.5) is 0 Å². The summed E-state index contributed by atoms with van der Waals surface area (Å²) < 4.78 is 10.8. The van der Waals surface area contributed by atoms with E-state index in [-0.39, 0.29) is 18.2 Å². The van der Waals surface area contributed by atoms with Crippen LogP contribution in [-0.4, -0.2) is 23.6 Å². The maximum Gasteiger partial charge on any atom is 0.303 e. The highest BCUT2D eigenvalue weighted by atomic mass is 16.5. The maximum absolute atomic E-state index is 12.2. The molecule has 0 fully saturated rings. The number of hydrogen-bond acceptors (Lipinski definition) is 4. The van der Waals surface area contributed by atoms with Crippen molar-refractivity contribution in [2.45, 2.75) is 39.2 Å². The van der Waals surface area contributed by atoms with Crippen molar-refractivity contribution in [3.05, 3.63) is 53.5 Å². The molecule has 2 N–H and O–H groups in total. The number of nitrogens with one attached hydrogen (secondary N) is 1. The molecular formula is C19H23NO5. The van der Waals surface area contributed by atoms with Crippen molar-refractivity contribution >= 4 is 11.9 Å². The summed E-state index contributed by atoms with van der Waals surface area (Å²) in [6, 6.07) is 9.13. The molecule has 2 aromatic rings. The molecule has 0 spiro atoms. The van der Waals surface area contributed by atoms with Crippen molar-refractivity contribution in [3.8, 4) is 5.75 Å². The molecule has 1 heterocycles. The predicted molar refractivity (Wildman–Crippen MR) is 92.8 cm³/mol. The van der Waals surface area contributed by atoms with Gasteiger partial charge in [0.25, 0.3) is 5.91 Å². The molecule has 6 nitrogen and oxygen atoms in total. The summed E-state index contributed by atoms with van der Waals surface area (Å²) in [7, 11) is 0. The van der Waals surface area contributed by atoms with Crippen LogP contribution in [0.5, 0.6) is 5.75 Å². The third-order valence-electron chi connectivity index (χ3n) is 3.70. The minimum absolute atomic E-state index is 0.0925. The third kappa shape index (κ3) is 5.67. The fraction of sp³-hybridized carbons (Fsp3) is 0.368. The maximum atomic E-state index is 12.2. The van der Waals surface area contributed by atoms with Crippen molar-refractivity contribution < 1.29 is 23.8 Å². The Balaban J connectivity index is 1.82. The predicted octanol–water partition coefficient (Wildman–Crippen LogP) is 3.58. The molecule has 1 amide bonds. The molecule has 1 aromatic heterocycles. The fourth-order valence-corrected chi connectivity index (χ4v) is 2.34. The zero-order chi connectivity index (χ0) is 18.2. The van der Waals surface area contributed by atoms with Crippen molar-refractivity contribution in [1.82, 2.24) is 5.32 Å². The molecule has 25 heavy (non-hydrogen) atoms. The summed E-state index contributed by atoms with van der Waals surface area (Å²) in [5.74, 6) is 0.189. The summed E-state index contributed by atoms with van der Waals surface area (Å²) in [4.78, 5) is 22.7. The van der Waals surface area contributed by atoms with Crippen LogP contribution in [0.2, 0.25) is 0 Å². The molecule has 0 atom stereocenters. The van der Waals surface area contributed by atoms with Gasteiger partial charge in [-0.3, -0.25) is 9.59 Å². The number of carbonyl (C=O) groups excluding carboxylic acids is 1. The van der Waals surface area contributed by atoms with Crippen LogP contribution in [0.15, 0.2) is 41.0 Å². The highest BCUT2D eigenvalue weighted by Gasteiger charge is 2.17. The quantitative estimate of drug-likeness (QED) is 0.678. The molecule has 134 valence electrons. The van der Waals surface area contributed by atoms with Gasteiger partial charge in [-0.1, -0.05) is 26.0 Å². The van der Waals surface area contributed by atoms with Crippen molar-refractivity contribution in [1.29, 1.82) is 0 Å². The number of aliphatic carboxylic acids is 1. The number of amides is 1. The van der Waals surface area contributed by atoms with E-state index in [4.69, 9.17) is 14.3 Å². The largest absolute Gasteiger partial charge is 0.494 e. The zero-order valence-electron chi connectivity index (χ0n) is 14.5. The number of rotatable bonds is 9. The Morgan fingerprint density at radius 1 is 1.20 bits per heavy atom. The van der Waals surface area contributed by atoms with Gasteiger partial charge in [0.15, 0.2) is 5.76 Å². The van der Waals surface area contributed by atoms with Gasteiger partial charge in [-0.25, -0.2) is 0 Å². The van der Waals surface area contributed by atoms with E-state index in [2.05, 4.69) is 5.32 Å². The zero-order valence-corrected chi connectivity index (χ0v) is 14.5. The summed E-state index contributed by atoms with van der Waals surface area (Å²) >= 11 is 0. The minimum Gasteiger partial charge on any atom is -0.494 e. The Bertz CT molecular complexity index is 703. The van der Waals surface area contributed by atoms with E-state index >= 15 is 0 Å². The number of carboxylic acid groups (broad SMARTS) is 1. The molecule has 6 heteroatoms. The molecule has 0 radical (unpaired) electrons. The lowest BCUT2D eigenvalue weighted by Gasteiger charge is -2.09. The van der Waals surface area contributed by atoms with Gasteiger partial charge in [-0.05, 0) is 36.1 Å².